The molecule has 1 aromatic carbocycles. The number of hydrogen-bond acceptors (Lipinski definition) is 2. The van der Waals surface area contributed by atoms with Gasteiger partial charge in [0.1, 0.15) is 11.5 Å². The Kier molecular flexibility index (Phi) is 4.52. The molecule has 16 heavy (non-hydrogen) atoms. The van der Waals surface area contributed by atoms with Crippen LogP contribution < -0.4 is 9.47 Å². The highest BCUT2D eigenvalue weighted by Crippen LogP contribution is 2.31. The Morgan fingerprint density at radius 2 is 1.94 bits per heavy atom. The minimum Gasteiger partial charge on any atom is -0.494 e. The molecule has 1 aromatic rings. The van der Waals surface area contributed by atoms with Crippen molar-refractivity contribution in [3.8, 4) is 11.5 Å². The highest BCUT2D eigenvalue weighted by molar-refractivity contribution is 5.42. The van der Waals surface area contributed by atoms with Crippen LogP contribution in [0.25, 0.3) is 0 Å². The lowest BCUT2D eigenvalue weighted by molar-refractivity contribution is -0.0505. The van der Waals surface area contributed by atoms with Crippen molar-refractivity contribution in [2.75, 3.05) is 6.61 Å². The van der Waals surface area contributed by atoms with Crippen molar-refractivity contribution in [3.63, 3.8) is 0 Å². The fourth-order valence-corrected chi connectivity index (χ4v) is 1.44. The molecule has 0 aliphatic carbocycles. The molecule has 0 saturated carbocycles. The summed E-state index contributed by atoms with van der Waals surface area (Å²) in [4.78, 5) is 0. The smallest absolute Gasteiger partial charge is 0.387 e. The molecular weight excluding hydrogens is 214 g/mol. The van der Waals surface area contributed by atoms with E-state index in [0.717, 1.165) is 5.56 Å². The minimum absolute atomic E-state index is 0.106. The van der Waals surface area contributed by atoms with Gasteiger partial charge in [-0.15, -0.1) is 0 Å². The molecule has 0 aliphatic heterocycles. The van der Waals surface area contributed by atoms with Gasteiger partial charge in [0.25, 0.3) is 0 Å². The van der Waals surface area contributed by atoms with Crippen molar-refractivity contribution >= 4 is 0 Å². The summed E-state index contributed by atoms with van der Waals surface area (Å²) in [6.45, 7) is 3.47. The number of ether oxygens (including phenoxy) is 2. The second kappa shape index (κ2) is 5.68. The molecule has 0 spiro atoms. The quantitative estimate of drug-likeness (QED) is 0.765. The van der Waals surface area contributed by atoms with Crippen LogP contribution in [0.4, 0.5) is 8.78 Å². The first-order valence-electron chi connectivity index (χ1n) is 5.26. The Balaban J connectivity index is 2.99. The monoisotopic (exact) mass is 230 g/mol. The van der Waals surface area contributed by atoms with E-state index in [2.05, 4.69) is 4.74 Å². The van der Waals surface area contributed by atoms with Gasteiger partial charge >= 0.3 is 6.61 Å². The number of alkyl halides is 2. The molecule has 0 heterocycles. The average molecular weight is 230 g/mol. The SMILES string of the molecule is CCOc1ccc(OC(F)F)c(C(C)C)c1. The van der Waals surface area contributed by atoms with Crippen molar-refractivity contribution in [1.82, 2.24) is 0 Å². The number of hydrogen-bond donors (Lipinski definition) is 0. The Bertz CT molecular complexity index is 338. The van der Waals surface area contributed by atoms with Gasteiger partial charge in [0.05, 0.1) is 6.61 Å². The molecule has 0 saturated heterocycles. The standard InChI is InChI=1S/C12H16F2O2/c1-4-15-9-5-6-11(16-12(13)14)10(7-9)8(2)3/h5-8,12H,4H2,1-3H3. The van der Waals surface area contributed by atoms with E-state index in [4.69, 9.17) is 4.74 Å². The number of rotatable bonds is 5. The number of benzene rings is 1. The maximum absolute atomic E-state index is 12.2. The summed E-state index contributed by atoms with van der Waals surface area (Å²) in [6.07, 6.45) is 0. The third kappa shape index (κ3) is 3.36. The van der Waals surface area contributed by atoms with Crippen molar-refractivity contribution in [2.45, 2.75) is 33.3 Å². The van der Waals surface area contributed by atoms with Crippen molar-refractivity contribution in [2.24, 2.45) is 0 Å². The Morgan fingerprint density at radius 1 is 1.25 bits per heavy atom. The van der Waals surface area contributed by atoms with Crippen LogP contribution in [0, 0.1) is 0 Å². The summed E-state index contributed by atoms with van der Waals surface area (Å²) in [5.41, 5.74) is 0.728. The van der Waals surface area contributed by atoms with E-state index < -0.39 is 6.61 Å². The molecular formula is C12H16F2O2. The van der Waals surface area contributed by atoms with E-state index in [9.17, 15) is 8.78 Å². The Labute approximate surface area is 94.2 Å². The third-order valence-corrected chi connectivity index (χ3v) is 2.13. The van der Waals surface area contributed by atoms with Crippen molar-refractivity contribution in [3.05, 3.63) is 23.8 Å². The minimum atomic E-state index is -2.80. The molecule has 0 atom stereocenters. The van der Waals surface area contributed by atoms with Crippen LogP contribution in [0.5, 0.6) is 11.5 Å². The fraction of sp³-hybridized carbons (Fsp3) is 0.500. The molecule has 0 N–H and O–H groups in total. The van der Waals surface area contributed by atoms with E-state index in [1.165, 1.54) is 6.07 Å². The zero-order valence-electron chi connectivity index (χ0n) is 9.67. The van der Waals surface area contributed by atoms with Gasteiger partial charge in [0.15, 0.2) is 0 Å². The van der Waals surface area contributed by atoms with Crippen LogP contribution in [0.2, 0.25) is 0 Å². The van der Waals surface area contributed by atoms with Crippen LogP contribution in [0.15, 0.2) is 18.2 Å². The summed E-state index contributed by atoms with van der Waals surface area (Å²) in [6, 6.07) is 4.89. The van der Waals surface area contributed by atoms with Gasteiger partial charge in [0, 0.05) is 5.56 Å². The number of halogens is 2. The molecule has 0 bridgehead atoms. The van der Waals surface area contributed by atoms with Gasteiger partial charge in [-0.25, -0.2) is 0 Å². The zero-order valence-corrected chi connectivity index (χ0v) is 9.67. The molecule has 0 amide bonds. The first-order valence-corrected chi connectivity index (χ1v) is 5.26. The molecule has 4 heteroatoms. The summed E-state index contributed by atoms with van der Waals surface area (Å²) in [5, 5.41) is 0. The molecule has 2 nitrogen and oxygen atoms in total. The zero-order chi connectivity index (χ0) is 12.1. The topological polar surface area (TPSA) is 18.5 Å². The molecule has 0 unspecified atom stereocenters. The van der Waals surface area contributed by atoms with Gasteiger partial charge in [-0.3, -0.25) is 0 Å². The van der Waals surface area contributed by atoms with Crippen LogP contribution in [-0.2, 0) is 0 Å². The molecule has 1 rings (SSSR count). The van der Waals surface area contributed by atoms with Gasteiger partial charge in [0.2, 0.25) is 0 Å². The second-order valence-corrected chi connectivity index (χ2v) is 3.67. The normalized spacial score (nSPS) is 10.9. The lowest BCUT2D eigenvalue weighted by Gasteiger charge is -2.15. The van der Waals surface area contributed by atoms with E-state index in [1.54, 1.807) is 12.1 Å². The maximum Gasteiger partial charge on any atom is 0.387 e. The largest absolute Gasteiger partial charge is 0.494 e. The summed E-state index contributed by atoms with van der Waals surface area (Å²) >= 11 is 0. The Morgan fingerprint density at radius 3 is 2.44 bits per heavy atom. The highest BCUT2D eigenvalue weighted by atomic mass is 19.3. The third-order valence-electron chi connectivity index (χ3n) is 2.13. The summed E-state index contributed by atoms with van der Waals surface area (Å²) < 4.78 is 34.1. The molecule has 90 valence electrons. The average Bonchev–Trinajstić information content (AvgIpc) is 2.19. The predicted octanol–water partition coefficient (Wildman–Crippen LogP) is 3.81. The van der Waals surface area contributed by atoms with E-state index >= 15 is 0 Å². The van der Waals surface area contributed by atoms with Gasteiger partial charge in [-0.2, -0.15) is 8.78 Å². The van der Waals surface area contributed by atoms with Crippen molar-refractivity contribution in [1.29, 1.82) is 0 Å². The lowest BCUT2D eigenvalue weighted by Crippen LogP contribution is -2.05. The van der Waals surface area contributed by atoms with Crippen LogP contribution in [0.1, 0.15) is 32.3 Å². The van der Waals surface area contributed by atoms with E-state index in [-0.39, 0.29) is 11.7 Å². The Hall–Kier alpha value is -1.32. The van der Waals surface area contributed by atoms with Crippen LogP contribution in [-0.4, -0.2) is 13.2 Å². The van der Waals surface area contributed by atoms with E-state index in [1.807, 2.05) is 20.8 Å². The molecule has 0 fully saturated rings. The molecule has 0 radical (unpaired) electrons. The van der Waals surface area contributed by atoms with E-state index in [0.29, 0.717) is 12.4 Å². The lowest BCUT2D eigenvalue weighted by atomic mass is 10.0. The van der Waals surface area contributed by atoms with Crippen LogP contribution in [0.3, 0.4) is 0 Å². The maximum atomic E-state index is 12.2. The van der Waals surface area contributed by atoms with Gasteiger partial charge in [-0.1, -0.05) is 13.8 Å². The fourth-order valence-electron chi connectivity index (χ4n) is 1.44. The van der Waals surface area contributed by atoms with Gasteiger partial charge < -0.3 is 9.47 Å². The molecule has 0 aliphatic rings. The first-order chi connectivity index (χ1) is 7.54. The molecule has 0 aromatic heterocycles. The first kappa shape index (κ1) is 12.7. The summed E-state index contributed by atoms with van der Waals surface area (Å²) in [5.74, 6) is 0.996. The summed E-state index contributed by atoms with van der Waals surface area (Å²) in [7, 11) is 0. The van der Waals surface area contributed by atoms with Gasteiger partial charge in [-0.05, 0) is 31.0 Å². The highest BCUT2D eigenvalue weighted by Gasteiger charge is 2.13. The predicted molar refractivity (Wildman–Crippen MR) is 58.3 cm³/mol. The van der Waals surface area contributed by atoms with Crippen molar-refractivity contribution < 1.29 is 18.3 Å². The second-order valence-electron chi connectivity index (χ2n) is 3.67. The van der Waals surface area contributed by atoms with Crippen LogP contribution >= 0.6 is 0 Å².